The lowest BCUT2D eigenvalue weighted by molar-refractivity contribution is -0.139. The zero-order valence-electron chi connectivity index (χ0n) is 21.6. The number of benzene rings is 2. The summed E-state index contributed by atoms with van der Waals surface area (Å²) in [6.45, 7) is 3.42. The van der Waals surface area contributed by atoms with E-state index in [0.29, 0.717) is 11.5 Å². The Hall–Kier alpha value is -3.27. The van der Waals surface area contributed by atoms with Crippen LogP contribution in [-0.4, -0.2) is 56.8 Å². The number of carbonyl (C=O) groups excluding carboxylic acids is 2. The molecule has 2 amide bonds. The average molecular weight is 530 g/mol. The predicted octanol–water partition coefficient (Wildman–Crippen LogP) is 3.36. The summed E-state index contributed by atoms with van der Waals surface area (Å²) in [6, 6.07) is 11.7. The number of fused-ring (bicyclic) bond motifs is 1. The lowest BCUT2D eigenvalue weighted by Gasteiger charge is -2.33. The summed E-state index contributed by atoms with van der Waals surface area (Å²) in [6.07, 6.45) is 6.22. The fraction of sp³-hybridized carbons (Fsp3) is 0.481. The molecule has 2 aromatic carbocycles. The van der Waals surface area contributed by atoms with Gasteiger partial charge in [0.1, 0.15) is 12.6 Å². The van der Waals surface area contributed by atoms with Crippen molar-refractivity contribution >= 4 is 27.5 Å². The summed E-state index contributed by atoms with van der Waals surface area (Å²) in [5.74, 6) is 0.216. The van der Waals surface area contributed by atoms with Crippen LogP contribution in [0.15, 0.2) is 42.5 Å². The molecule has 37 heavy (non-hydrogen) atoms. The van der Waals surface area contributed by atoms with Crippen molar-refractivity contribution in [3.8, 4) is 11.5 Å². The molecular formula is C27H35N3O6S. The highest BCUT2D eigenvalue weighted by atomic mass is 32.2. The van der Waals surface area contributed by atoms with Crippen molar-refractivity contribution in [3.05, 3.63) is 53.6 Å². The molecule has 200 valence electrons. The topological polar surface area (TPSA) is 105 Å². The van der Waals surface area contributed by atoms with Crippen LogP contribution in [0.3, 0.4) is 0 Å². The van der Waals surface area contributed by atoms with Gasteiger partial charge in [0.05, 0.1) is 11.9 Å². The zero-order valence-corrected chi connectivity index (χ0v) is 22.4. The van der Waals surface area contributed by atoms with E-state index >= 15 is 0 Å². The third kappa shape index (κ3) is 6.54. The highest BCUT2D eigenvalue weighted by Gasteiger charge is 2.32. The van der Waals surface area contributed by atoms with Crippen molar-refractivity contribution in [2.45, 2.75) is 64.6 Å². The number of hydrogen-bond acceptors (Lipinski definition) is 6. The molecule has 0 saturated heterocycles. The van der Waals surface area contributed by atoms with E-state index in [1.54, 1.807) is 25.1 Å². The van der Waals surface area contributed by atoms with Gasteiger partial charge in [-0.1, -0.05) is 43.5 Å². The molecule has 0 radical (unpaired) electrons. The van der Waals surface area contributed by atoms with Gasteiger partial charge < -0.3 is 19.7 Å². The Balaban J connectivity index is 1.59. The highest BCUT2D eigenvalue weighted by molar-refractivity contribution is 7.92. The summed E-state index contributed by atoms with van der Waals surface area (Å²) in [4.78, 5) is 28.5. The number of hydrogen-bond donors (Lipinski definition) is 1. The van der Waals surface area contributed by atoms with Crippen molar-refractivity contribution in [1.82, 2.24) is 10.2 Å². The molecule has 0 aromatic heterocycles. The van der Waals surface area contributed by atoms with E-state index in [9.17, 15) is 18.0 Å². The number of rotatable bonds is 9. The van der Waals surface area contributed by atoms with Crippen molar-refractivity contribution in [1.29, 1.82) is 0 Å². The minimum atomic E-state index is -3.82. The Kier molecular flexibility index (Phi) is 8.26. The summed E-state index contributed by atoms with van der Waals surface area (Å²) in [5.41, 5.74) is 2.16. The van der Waals surface area contributed by atoms with E-state index < -0.39 is 28.5 Å². The first kappa shape index (κ1) is 26.8. The van der Waals surface area contributed by atoms with Gasteiger partial charge in [0.2, 0.25) is 28.6 Å². The second kappa shape index (κ2) is 11.4. The van der Waals surface area contributed by atoms with Crippen LogP contribution in [-0.2, 0) is 26.2 Å². The van der Waals surface area contributed by atoms with Gasteiger partial charge in [0.25, 0.3) is 0 Å². The maximum absolute atomic E-state index is 13.7. The van der Waals surface area contributed by atoms with Crippen LogP contribution in [0.5, 0.6) is 11.5 Å². The number of nitrogens with zero attached hydrogens (tertiary/aromatic N) is 2. The van der Waals surface area contributed by atoms with E-state index in [0.717, 1.165) is 47.4 Å². The Morgan fingerprint density at radius 3 is 2.46 bits per heavy atom. The molecule has 2 aliphatic rings. The first-order valence-electron chi connectivity index (χ1n) is 12.6. The molecule has 1 atom stereocenters. The summed E-state index contributed by atoms with van der Waals surface area (Å²) >= 11 is 0. The summed E-state index contributed by atoms with van der Waals surface area (Å²) in [7, 11) is -3.82. The number of aryl methyl sites for hydroxylation is 1. The van der Waals surface area contributed by atoms with Gasteiger partial charge in [-0.2, -0.15) is 0 Å². The van der Waals surface area contributed by atoms with Gasteiger partial charge in [0, 0.05) is 18.7 Å². The molecule has 0 unspecified atom stereocenters. The largest absolute Gasteiger partial charge is 0.454 e. The van der Waals surface area contributed by atoms with Crippen LogP contribution in [0.2, 0.25) is 0 Å². The molecule has 0 spiro atoms. The van der Waals surface area contributed by atoms with E-state index in [1.165, 1.54) is 11.3 Å². The monoisotopic (exact) mass is 529 g/mol. The second-order valence-corrected chi connectivity index (χ2v) is 11.7. The van der Waals surface area contributed by atoms with E-state index in [2.05, 4.69) is 5.32 Å². The smallest absolute Gasteiger partial charge is 0.244 e. The number of nitrogens with one attached hydrogen (secondary N) is 1. The van der Waals surface area contributed by atoms with Crippen molar-refractivity contribution < 1.29 is 27.5 Å². The van der Waals surface area contributed by atoms with Gasteiger partial charge in [0.15, 0.2) is 11.5 Å². The Bertz CT molecular complexity index is 1240. The number of amides is 2. The summed E-state index contributed by atoms with van der Waals surface area (Å²) in [5, 5.41) is 3.10. The molecule has 1 fully saturated rings. The Morgan fingerprint density at radius 2 is 1.76 bits per heavy atom. The predicted molar refractivity (Wildman–Crippen MR) is 141 cm³/mol. The number of ether oxygens (including phenoxy) is 2. The molecule has 4 rings (SSSR count). The minimum absolute atomic E-state index is 0.0500. The van der Waals surface area contributed by atoms with Gasteiger partial charge in [-0.05, 0) is 49.9 Å². The van der Waals surface area contributed by atoms with Crippen LogP contribution in [0.1, 0.15) is 50.2 Å². The van der Waals surface area contributed by atoms with Crippen molar-refractivity contribution in [2.75, 3.05) is 23.9 Å². The fourth-order valence-corrected chi connectivity index (χ4v) is 5.62. The van der Waals surface area contributed by atoms with E-state index in [4.69, 9.17) is 9.47 Å². The molecular weight excluding hydrogens is 494 g/mol. The normalized spacial score (nSPS) is 16.2. The van der Waals surface area contributed by atoms with Gasteiger partial charge in [-0.15, -0.1) is 0 Å². The van der Waals surface area contributed by atoms with Crippen LogP contribution in [0.25, 0.3) is 0 Å². The van der Waals surface area contributed by atoms with Crippen LogP contribution in [0.4, 0.5) is 5.69 Å². The van der Waals surface area contributed by atoms with Gasteiger partial charge in [-0.25, -0.2) is 8.42 Å². The molecule has 1 heterocycles. The van der Waals surface area contributed by atoms with Crippen LogP contribution in [0, 0.1) is 6.92 Å². The Morgan fingerprint density at radius 1 is 1.05 bits per heavy atom. The van der Waals surface area contributed by atoms with Crippen molar-refractivity contribution in [2.24, 2.45) is 0 Å². The Labute approximate surface area is 218 Å². The number of sulfonamides is 1. The van der Waals surface area contributed by atoms with Crippen LogP contribution < -0.4 is 19.1 Å². The summed E-state index contributed by atoms with van der Waals surface area (Å²) < 4.78 is 37.3. The molecule has 1 aliphatic carbocycles. The lowest BCUT2D eigenvalue weighted by Crippen LogP contribution is -2.53. The maximum atomic E-state index is 13.7. The molecule has 1 N–H and O–H groups in total. The third-order valence-electron chi connectivity index (χ3n) is 7.04. The number of carbonyl (C=O) groups is 2. The molecule has 10 heteroatoms. The van der Waals surface area contributed by atoms with Gasteiger partial charge >= 0.3 is 0 Å². The standard InChI is InChI=1S/C27H35N3O6S/c1-19-9-7-8-10-21(19)16-29(20(2)27(32)28-22-11-5-4-6-12-22)26(31)17-30(37(3,33)34)23-13-14-24-25(15-23)36-18-35-24/h7-10,13-15,20,22H,4-6,11-12,16-18H2,1-3H3,(H,28,32)/t20-/m0/s1. The second-order valence-electron chi connectivity index (χ2n) is 9.77. The molecule has 0 bridgehead atoms. The van der Waals surface area contributed by atoms with E-state index in [-0.39, 0.29) is 31.0 Å². The van der Waals surface area contributed by atoms with Crippen molar-refractivity contribution in [3.63, 3.8) is 0 Å². The molecule has 1 saturated carbocycles. The highest BCUT2D eigenvalue weighted by Crippen LogP contribution is 2.36. The molecule has 2 aromatic rings. The number of anilines is 1. The lowest BCUT2D eigenvalue weighted by atomic mass is 9.95. The van der Waals surface area contributed by atoms with E-state index in [1.807, 2.05) is 31.2 Å². The molecule has 1 aliphatic heterocycles. The third-order valence-corrected chi connectivity index (χ3v) is 8.18. The van der Waals surface area contributed by atoms with Crippen LogP contribution >= 0.6 is 0 Å². The first-order valence-corrected chi connectivity index (χ1v) is 14.5. The zero-order chi connectivity index (χ0) is 26.6. The minimum Gasteiger partial charge on any atom is -0.454 e. The fourth-order valence-electron chi connectivity index (χ4n) is 4.78. The average Bonchev–Trinajstić information content (AvgIpc) is 3.34. The van der Waals surface area contributed by atoms with Gasteiger partial charge in [-0.3, -0.25) is 13.9 Å². The SMILES string of the molecule is Cc1ccccc1CN(C(=O)CN(c1ccc2c(c1)OCO2)S(C)(=O)=O)[C@@H](C)C(=O)NC1CCCCC1. The molecule has 9 nitrogen and oxygen atoms in total. The maximum Gasteiger partial charge on any atom is 0.244 e. The first-order chi connectivity index (χ1) is 17.6. The quantitative estimate of drug-likeness (QED) is 0.534.